The van der Waals surface area contributed by atoms with Gasteiger partial charge in [0.15, 0.2) is 0 Å². The van der Waals surface area contributed by atoms with E-state index in [1.807, 2.05) is 11.3 Å². The lowest BCUT2D eigenvalue weighted by Gasteiger charge is -2.29. The molecule has 1 N–H and O–H groups in total. The SMILES string of the molecule is COCCN(Cc1ccc(Br)s1)CC1CCCNC1.Cl. The van der Waals surface area contributed by atoms with E-state index >= 15 is 0 Å². The Labute approximate surface area is 140 Å². The summed E-state index contributed by atoms with van der Waals surface area (Å²) >= 11 is 5.37. The Morgan fingerprint density at radius 1 is 1.50 bits per heavy atom. The zero-order chi connectivity index (χ0) is 13.5. The maximum atomic E-state index is 5.24. The van der Waals surface area contributed by atoms with Gasteiger partial charge in [-0.1, -0.05) is 0 Å². The normalized spacial score (nSPS) is 19.1. The number of piperidine rings is 1. The highest BCUT2D eigenvalue weighted by molar-refractivity contribution is 9.11. The fourth-order valence-electron chi connectivity index (χ4n) is 2.56. The van der Waals surface area contributed by atoms with Crippen molar-refractivity contribution in [2.75, 3.05) is 39.9 Å². The van der Waals surface area contributed by atoms with E-state index in [1.165, 1.54) is 34.6 Å². The van der Waals surface area contributed by atoms with Crippen LogP contribution in [0.5, 0.6) is 0 Å². The molecule has 0 saturated carbocycles. The van der Waals surface area contributed by atoms with Crippen molar-refractivity contribution in [2.45, 2.75) is 19.4 Å². The Hall–Kier alpha value is 0.350. The number of thiophene rings is 1. The molecule has 1 unspecified atom stereocenters. The third-order valence-electron chi connectivity index (χ3n) is 3.54. The molecule has 0 aliphatic carbocycles. The number of hydrogen-bond acceptors (Lipinski definition) is 4. The predicted molar refractivity (Wildman–Crippen MR) is 92.0 cm³/mol. The number of halogens is 2. The van der Waals surface area contributed by atoms with Crippen molar-refractivity contribution < 1.29 is 4.74 Å². The molecular weight excluding hydrogens is 360 g/mol. The van der Waals surface area contributed by atoms with E-state index in [4.69, 9.17) is 4.74 Å². The van der Waals surface area contributed by atoms with Crippen LogP contribution in [0.25, 0.3) is 0 Å². The van der Waals surface area contributed by atoms with Gasteiger partial charge in [0.1, 0.15) is 0 Å². The first kappa shape index (κ1) is 18.4. The Morgan fingerprint density at radius 2 is 2.35 bits per heavy atom. The van der Waals surface area contributed by atoms with E-state index in [-0.39, 0.29) is 12.4 Å². The Bertz CT molecular complexity index is 372. The van der Waals surface area contributed by atoms with Crippen molar-refractivity contribution in [2.24, 2.45) is 5.92 Å². The molecular formula is C14H24BrClN2OS. The van der Waals surface area contributed by atoms with Crippen molar-refractivity contribution >= 4 is 39.7 Å². The van der Waals surface area contributed by atoms with Crippen LogP contribution in [0.15, 0.2) is 15.9 Å². The minimum Gasteiger partial charge on any atom is -0.383 e. The van der Waals surface area contributed by atoms with Crippen LogP contribution >= 0.6 is 39.7 Å². The highest BCUT2D eigenvalue weighted by Crippen LogP contribution is 2.24. The van der Waals surface area contributed by atoms with Crippen LogP contribution in [-0.4, -0.2) is 44.8 Å². The van der Waals surface area contributed by atoms with Crippen LogP contribution in [0.4, 0.5) is 0 Å². The predicted octanol–water partition coefficient (Wildman–Crippen LogP) is 3.38. The summed E-state index contributed by atoms with van der Waals surface area (Å²) in [7, 11) is 1.78. The molecule has 0 radical (unpaired) electrons. The van der Waals surface area contributed by atoms with Gasteiger partial charge >= 0.3 is 0 Å². The van der Waals surface area contributed by atoms with Gasteiger partial charge in [-0.05, 0) is 59.9 Å². The average molecular weight is 384 g/mol. The summed E-state index contributed by atoms with van der Waals surface area (Å²) in [5.41, 5.74) is 0. The topological polar surface area (TPSA) is 24.5 Å². The first-order valence-corrected chi connectivity index (χ1v) is 8.55. The molecule has 116 valence electrons. The van der Waals surface area contributed by atoms with Gasteiger partial charge in [-0.15, -0.1) is 23.7 Å². The summed E-state index contributed by atoms with van der Waals surface area (Å²) in [6.07, 6.45) is 2.66. The molecule has 2 rings (SSSR count). The average Bonchev–Trinajstić information content (AvgIpc) is 2.82. The minimum atomic E-state index is 0. The second kappa shape index (κ2) is 10.1. The summed E-state index contributed by atoms with van der Waals surface area (Å²) in [5, 5.41) is 3.50. The van der Waals surface area contributed by atoms with Crippen molar-refractivity contribution in [3.05, 3.63) is 20.8 Å². The summed E-state index contributed by atoms with van der Waals surface area (Å²) in [4.78, 5) is 3.95. The summed E-state index contributed by atoms with van der Waals surface area (Å²) in [6, 6.07) is 4.35. The van der Waals surface area contributed by atoms with Crippen LogP contribution < -0.4 is 5.32 Å². The molecule has 0 spiro atoms. The first-order valence-electron chi connectivity index (χ1n) is 6.94. The smallest absolute Gasteiger partial charge is 0.0701 e. The van der Waals surface area contributed by atoms with Gasteiger partial charge in [-0.25, -0.2) is 0 Å². The molecule has 0 bridgehead atoms. The van der Waals surface area contributed by atoms with Gasteiger partial charge in [-0.2, -0.15) is 0 Å². The van der Waals surface area contributed by atoms with Crippen LogP contribution in [0.3, 0.4) is 0 Å². The molecule has 1 aromatic heterocycles. The van der Waals surface area contributed by atoms with Crippen LogP contribution in [0.2, 0.25) is 0 Å². The van der Waals surface area contributed by atoms with Crippen LogP contribution in [0.1, 0.15) is 17.7 Å². The summed E-state index contributed by atoms with van der Waals surface area (Å²) in [6.45, 7) is 6.39. The quantitative estimate of drug-likeness (QED) is 0.781. The Balaban J connectivity index is 0.00000200. The Kier molecular flexibility index (Phi) is 9.33. The molecule has 1 aliphatic heterocycles. The molecule has 0 amide bonds. The maximum Gasteiger partial charge on any atom is 0.0701 e. The molecule has 20 heavy (non-hydrogen) atoms. The fraction of sp³-hybridized carbons (Fsp3) is 0.714. The van der Waals surface area contributed by atoms with Crippen molar-refractivity contribution in [3.63, 3.8) is 0 Å². The monoisotopic (exact) mass is 382 g/mol. The van der Waals surface area contributed by atoms with Gasteiger partial charge in [0.25, 0.3) is 0 Å². The minimum absolute atomic E-state index is 0. The number of nitrogens with one attached hydrogen (secondary N) is 1. The second-order valence-corrected chi connectivity index (χ2v) is 7.69. The highest BCUT2D eigenvalue weighted by Gasteiger charge is 2.17. The molecule has 1 saturated heterocycles. The number of ether oxygens (including phenoxy) is 1. The highest BCUT2D eigenvalue weighted by atomic mass is 79.9. The molecule has 1 atom stereocenters. The van der Waals surface area contributed by atoms with Gasteiger partial charge in [0.05, 0.1) is 10.4 Å². The van der Waals surface area contributed by atoms with E-state index in [0.29, 0.717) is 0 Å². The number of nitrogens with zero attached hydrogens (tertiary/aromatic N) is 1. The van der Waals surface area contributed by atoms with E-state index in [0.717, 1.165) is 32.2 Å². The second-order valence-electron chi connectivity index (χ2n) is 5.15. The van der Waals surface area contributed by atoms with Gasteiger partial charge in [0, 0.05) is 31.6 Å². The van der Waals surface area contributed by atoms with Crippen LogP contribution in [0, 0.1) is 5.92 Å². The summed E-state index contributed by atoms with van der Waals surface area (Å²) in [5.74, 6) is 0.786. The molecule has 1 aromatic rings. The molecule has 1 aliphatic rings. The van der Waals surface area contributed by atoms with E-state index in [2.05, 4.69) is 38.3 Å². The standard InChI is InChI=1S/C14H23BrN2OS.ClH/c1-18-8-7-17(10-12-3-2-6-16-9-12)11-13-4-5-14(15)19-13;/h4-5,12,16H,2-3,6-11H2,1H3;1H. The third-order valence-corrected chi connectivity index (χ3v) is 5.14. The van der Waals surface area contributed by atoms with E-state index in [1.54, 1.807) is 7.11 Å². The van der Waals surface area contributed by atoms with Crippen molar-refractivity contribution in [1.29, 1.82) is 0 Å². The summed E-state index contributed by atoms with van der Waals surface area (Å²) < 4.78 is 6.46. The lowest BCUT2D eigenvalue weighted by Crippen LogP contribution is -2.39. The van der Waals surface area contributed by atoms with Crippen molar-refractivity contribution in [1.82, 2.24) is 10.2 Å². The number of hydrogen-bond donors (Lipinski definition) is 1. The molecule has 1 fully saturated rings. The zero-order valence-corrected chi connectivity index (χ0v) is 15.2. The molecule has 0 aromatic carbocycles. The van der Waals surface area contributed by atoms with Gasteiger partial charge < -0.3 is 10.1 Å². The number of rotatable bonds is 7. The third kappa shape index (κ3) is 6.41. The lowest BCUT2D eigenvalue weighted by atomic mass is 9.99. The Morgan fingerprint density at radius 3 is 2.95 bits per heavy atom. The fourth-order valence-corrected chi connectivity index (χ4v) is 4.08. The van der Waals surface area contributed by atoms with Gasteiger partial charge in [0.2, 0.25) is 0 Å². The molecule has 3 nitrogen and oxygen atoms in total. The largest absolute Gasteiger partial charge is 0.383 e. The molecule has 2 heterocycles. The zero-order valence-electron chi connectivity index (χ0n) is 11.9. The first-order chi connectivity index (χ1) is 9.28. The van der Waals surface area contributed by atoms with Crippen molar-refractivity contribution in [3.8, 4) is 0 Å². The van der Waals surface area contributed by atoms with E-state index < -0.39 is 0 Å². The van der Waals surface area contributed by atoms with Gasteiger partial charge in [-0.3, -0.25) is 4.90 Å². The number of methoxy groups -OCH3 is 1. The molecule has 6 heteroatoms. The van der Waals surface area contributed by atoms with Crippen LogP contribution in [-0.2, 0) is 11.3 Å². The lowest BCUT2D eigenvalue weighted by molar-refractivity contribution is 0.128. The maximum absolute atomic E-state index is 5.24. The van der Waals surface area contributed by atoms with E-state index in [9.17, 15) is 0 Å².